The standard InChI is InChI=1S/C22H15N/c23-15-20-14-16(12-18-7-2-4-11-22(18)20)13-19-9-5-8-17-6-1-3-10-21(17)19/h1-12,14H,13H2. The van der Waals surface area contributed by atoms with Crippen LogP contribution in [0.1, 0.15) is 16.7 Å². The molecule has 0 saturated carbocycles. The largest absolute Gasteiger partial charge is 0.192 e. The van der Waals surface area contributed by atoms with E-state index in [0.717, 1.165) is 22.8 Å². The van der Waals surface area contributed by atoms with Crippen molar-refractivity contribution in [2.75, 3.05) is 0 Å². The lowest BCUT2D eigenvalue weighted by Gasteiger charge is -2.09. The smallest absolute Gasteiger partial charge is 0.0998 e. The van der Waals surface area contributed by atoms with Crippen LogP contribution in [0.15, 0.2) is 78.9 Å². The third-order valence-corrected chi connectivity index (χ3v) is 4.32. The highest BCUT2D eigenvalue weighted by Gasteiger charge is 2.06. The van der Waals surface area contributed by atoms with Gasteiger partial charge >= 0.3 is 0 Å². The Morgan fingerprint density at radius 3 is 2.22 bits per heavy atom. The van der Waals surface area contributed by atoms with Crippen molar-refractivity contribution in [2.24, 2.45) is 0 Å². The summed E-state index contributed by atoms with van der Waals surface area (Å²) in [5, 5.41) is 14.1. The van der Waals surface area contributed by atoms with Gasteiger partial charge in [0.15, 0.2) is 0 Å². The molecule has 0 amide bonds. The number of nitrogens with zero attached hydrogens (tertiary/aromatic N) is 1. The van der Waals surface area contributed by atoms with Crippen molar-refractivity contribution in [3.63, 3.8) is 0 Å². The molecule has 0 fully saturated rings. The van der Waals surface area contributed by atoms with E-state index in [9.17, 15) is 5.26 Å². The monoisotopic (exact) mass is 293 g/mol. The average Bonchev–Trinajstić information content (AvgIpc) is 2.61. The fourth-order valence-electron chi connectivity index (χ4n) is 3.23. The molecule has 0 radical (unpaired) electrons. The first-order chi connectivity index (χ1) is 11.3. The van der Waals surface area contributed by atoms with Crippen LogP contribution < -0.4 is 0 Å². The van der Waals surface area contributed by atoms with E-state index in [2.05, 4.69) is 60.7 Å². The number of hydrogen-bond donors (Lipinski definition) is 0. The number of fused-ring (bicyclic) bond motifs is 2. The van der Waals surface area contributed by atoms with E-state index in [1.165, 1.54) is 21.9 Å². The fourth-order valence-corrected chi connectivity index (χ4v) is 3.23. The molecule has 0 aliphatic carbocycles. The van der Waals surface area contributed by atoms with E-state index in [1.807, 2.05) is 24.3 Å². The van der Waals surface area contributed by atoms with Gasteiger partial charge in [-0.05, 0) is 45.2 Å². The van der Waals surface area contributed by atoms with Crippen LogP contribution in [-0.4, -0.2) is 0 Å². The van der Waals surface area contributed by atoms with Crippen molar-refractivity contribution >= 4 is 21.5 Å². The molecule has 4 rings (SSSR count). The van der Waals surface area contributed by atoms with Crippen molar-refractivity contribution in [1.82, 2.24) is 0 Å². The zero-order chi connectivity index (χ0) is 15.6. The highest BCUT2D eigenvalue weighted by atomic mass is 14.2. The molecule has 0 bridgehead atoms. The van der Waals surface area contributed by atoms with Crippen LogP contribution in [0.25, 0.3) is 21.5 Å². The number of rotatable bonds is 2. The number of benzene rings is 4. The molecule has 0 aliphatic rings. The van der Waals surface area contributed by atoms with Gasteiger partial charge in [0.1, 0.15) is 0 Å². The maximum Gasteiger partial charge on any atom is 0.0998 e. The summed E-state index contributed by atoms with van der Waals surface area (Å²) in [5.74, 6) is 0. The normalized spacial score (nSPS) is 10.7. The van der Waals surface area contributed by atoms with E-state index in [4.69, 9.17) is 0 Å². The molecular formula is C22H15N. The van der Waals surface area contributed by atoms with Gasteiger partial charge in [-0.15, -0.1) is 0 Å². The Kier molecular flexibility index (Phi) is 3.29. The number of nitriles is 1. The van der Waals surface area contributed by atoms with E-state index in [-0.39, 0.29) is 0 Å². The van der Waals surface area contributed by atoms with Gasteiger partial charge < -0.3 is 0 Å². The molecule has 0 atom stereocenters. The Bertz CT molecular complexity index is 1050. The second-order valence-electron chi connectivity index (χ2n) is 5.79. The molecule has 1 nitrogen and oxygen atoms in total. The van der Waals surface area contributed by atoms with Crippen LogP contribution >= 0.6 is 0 Å². The summed E-state index contributed by atoms with van der Waals surface area (Å²) in [7, 11) is 0. The zero-order valence-corrected chi connectivity index (χ0v) is 12.7. The molecule has 4 aromatic rings. The molecule has 0 unspecified atom stereocenters. The third kappa shape index (κ3) is 2.45. The first-order valence-electron chi connectivity index (χ1n) is 7.73. The van der Waals surface area contributed by atoms with Crippen LogP contribution in [0.2, 0.25) is 0 Å². The van der Waals surface area contributed by atoms with Crippen molar-refractivity contribution in [1.29, 1.82) is 5.26 Å². The Morgan fingerprint density at radius 2 is 1.39 bits per heavy atom. The van der Waals surface area contributed by atoms with Gasteiger partial charge in [0.25, 0.3) is 0 Å². The molecule has 0 spiro atoms. The predicted molar refractivity (Wildman–Crippen MR) is 95.4 cm³/mol. The first kappa shape index (κ1) is 13.5. The molecule has 0 N–H and O–H groups in total. The van der Waals surface area contributed by atoms with Crippen molar-refractivity contribution in [2.45, 2.75) is 6.42 Å². The number of hydrogen-bond acceptors (Lipinski definition) is 1. The van der Waals surface area contributed by atoms with Gasteiger partial charge in [-0.3, -0.25) is 0 Å². The molecule has 1 heteroatoms. The molecule has 0 saturated heterocycles. The minimum atomic E-state index is 0.748. The van der Waals surface area contributed by atoms with Crippen LogP contribution in [0, 0.1) is 11.3 Å². The lowest BCUT2D eigenvalue weighted by molar-refractivity contribution is 1.22. The predicted octanol–water partition coefficient (Wildman–Crippen LogP) is 5.46. The van der Waals surface area contributed by atoms with Gasteiger partial charge in [0.2, 0.25) is 0 Å². The van der Waals surface area contributed by atoms with Crippen molar-refractivity contribution in [3.05, 3.63) is 95.6 Å². The second-order valence-corrected chi connectivity index (χ2v) is 5.79. The molecule has 4 aromatic carbocycles. The molecule has 0 heterocycles. The Morgan fingerprint density at radius 1 is 0.696 bits per heavy atom. The van der Waals surface area contributed by atoms with Gasteiger partial charge in [-0.2, -0.15) is 5.26 Å². The highest BCUT2D eigenvalue weighted by Crippen LogP contribution is 2.25. The molecule has 23 heavy (non-hydrogen) atoms. The van der Waals surface area contributed by atoms with Crippen LogP contribution in [0.3, 0.4) is 0 Å². The summed E-state index contributed by atoms with van der Waals surface area (Å²) in [6, 6.07) is 29.5. The summed E-state index contributed by atoms with van der Waals surface area (Å²) >= 11 is 0. The lowest BCUT2D eigenvalue weighted by atomic mass is 9.95. The zero-order valence-electron chi connectivity index (χ0n) is 12.7. The van der Waals surface area contributed by atoms with Gasteiger partial charge in [-0.1, -0.05) is 72.8 Å². The van der Waals surface area contributed by atoms with Gasteiger partial charge in [0, 0.05) is 0 Å². The van der Waals surface area contributed by atoms with Gasteiger partial charge in [0.05, 0.1) is 11.6 Å². The summed E-state index contributed by atoms with van der Waals surface area (Å²) in [5.41, 5.74) is 3.22. The van der Waals surface area contributed by atoms with E-state index in [0.29, 0.717) is 0 Å². The second kappa shape index (κ2) is 5.59. The third-order valence-electron chi connectivity index (χ3n) is 4.32. The molecule has 0 aliphatic heterocycles. The highest BCUT2D eigenvalue weighted by molar-refractivity contribution is 5.89. The SMILES string of the molecule is N#Cc1cc(Cc2cccc3ccccc23)cc2ccccc12. The topological polar surface area (TPSA) is 23.8 Å². The van der Waals surface area contributed by atoms with Crippen LogP contribution in [0.4, 0.5) is 0 Å². The van der Waals surface area contributed by atoms with Gasteiger partial charge in [-0.25, -0.2) is 0 Å². The Balaban J connectivity index is 1.85. The van der Waals surface area contributed by atoms with Crippen LogP contribution in [0.5, 0.6) is 0 Å². The minimum absolute atomic E-state index is 0.748. The minimum Gasteiger partial charge on any atom is -0.192 e. The molecule has 108 valence electrons. The van der Waals surface area contributed by atoms with Crippen LogP contribution in [-0.2, 0) is 6.42 Å². The first-order valence-corrected chi connectivity index (χ1v) is 7.73. The Hall–Kier alpha value is -3.11. The maximum absolute atomic E-state index is 9.45. The Labute approximate surface area is 135 Å². The lowest BCUT2D eigenvalue weighted by Crippen LogP contribution is -1.92. The van der Waals surface area contributed by atoms with Crippen molar-refractivity contribution < 1.29 is 0 Å². The maximum atomic E-state index is 9.45. The van der Waals surface area contributed by atoms with E-state index in [1.54, 1.807) is 0 Å². The van der Waals surface area contributed by atoms with Crippen molar-refractivity contribution in [3.8, 4) is 6.07 Å². The molecule has 0 aromatic heterocycles. The average molecular weight is 293 g/mol. The van der Waals surface area contributed by atoms with E-state index < -0.39 is 0 Å². The summed E-state index contributed by atoms with van der Waals surface area (Å²) in [6.07, 6.45) is 0.834. The molecular weight excluding hydrogens is 278 g/mol. The summed E-state index contributed by atoms with van der Waals surface area (Å²) < 4.78 is 0. The quantitative estimate of drug-likeness (QED) is 0.481. The van der Waals surface area contributed by atoms with E-state index >= 15 is 0 Å². The fraction of sp³-hybridized carbons (Fsp3) is 0.0455. The summed E-state index contributed by atoms with van der Waals surface area (Å²) in [4.78, 5) is 0. The summed E-state index contributed by atoms with van der Waals surface area (Å²) in [6.45, 7) is 0.